The quantitative estimate of drug-likeness (QED) is 0.699. The first-order chi connectivity index (χ1) is 13.6. The van der Waals surface area contributed by atoms with Gasteiger partial charge in [0.05, 0.1) is 29.8 Å². The van der Waals surface area contributed by atoms with E-state index in [4.69, 9.17) is 0 Å². The second kappa shape index (κ2) is 6.40. The van der Waals surface area contributed by atoms with Gasteiger partial charge < -0.3 is 4.90 Å². The van der Waals surface area contributed by atoms with Gasteiger partial charge in [-0.05, 0) is 36.6 Å². The Kier molecular flexibility index (Phi) is 3.85. The highest BCUT2D eigenvalue weighted by Gasteiger charge is 2.31. The second-order valence-corrected chi connectivity index (χ2v) is 7.38. The molecule has 0 radical (unpaired) electrons. The molecule has 0 aromatic carbocycles. The topological polar surface area (TPSA) is 67.2 Å². The predicted molar refractivity (Wildman–Crippen MR) is 103 cm³/mol. The molecule has 142 valence electrons. The van der Waals surface area contributed by atoms with Gasteiger partial charge in [0.25, 0.3) is 0 Å². The van der Waals surface area contributed by atoms with Gasteiger partial charge in [0.15, 0.2) is 11.6 Å². The molecule has 1 saturated heterocycles. The fourth-order valence-corrected chi connectivity index (χ4v) is 3.83. The van der Waals surface area contributed by atoms with Crippen LogP contribution in [0.2, 0.25) is 0 Å². The van der Waals surface area contributed by atoms with Crippen molar-refractivity contribution in [1.82, 2.24) is 19.7 Å². The normalized spacial score (nSPS) is 18.8. The van der Waals surface area contributed by atoms with Gasteiger partial charge in [0.1, 0.15) is 0 Å². The molecule has 2 aliphatic heterocycles. The molecule has 8 heteroatoms. The van der Waals surface area contributed by atoms with Gasteiger partial charge in [-0.2, -0.15) is 9.78 Å². The molecule has 3 aromatic rings. The average molecular weight is 378 g/mol. The van der Waals surface area contributed by atoms with E-state index in [-0.39, 0.29) is 11.8 Å². The molecular weight excluding hydrogens is 359 g/mol. The zero-order valence-corrected chi connectivity index (χ0v) is 15.4. The molecule has 1 fully saturated rings. The minimum Gasteiger partial charge on any atom is -0.354 e. The van der Waals surface area contributed by atoms with E-state index in [1.807, 2.05) is 17.0 Å². The fraction of sp³-hybridized carbons (Fsp3) is 0.300. The molecular formula is C20H19FN6O. The summed E-state index contributed by atoms with van der Waals surface area (Å²) in [6.07, 6.45) is 5.98. The molecule has 7 nitrogen and oxygen atoms in total. The third-order valence-electron chi connectivity index (χ3n) is 5.31. The van der Waals surface area contributed by atoms with Crippen molar-refractivity contribution >= 4 is 17.5 Å². The van der Waals surface area contributed by atoms with E-state index in [9.17, 15) is 9.18 Å². The molecule has 0 saturated carbocycles. The van der Waals surface area contributed by atoms with Crippen molar-refractivity contribution in [3.63, 3.8) is 0 Å². The Morgan fingerprint density at radius 3 is 2.82 bits per heavy atom. The van der Waals surface area contributed by atoms with Crippen molar-refractivity contribution in [2.45, 2.75) is 19.9 Å². The number of halogens is 1. The Balaban J connectivity index is 1.41. The maximum Gasteiger partial charge on any atom is 0.349 e. The minimum absolute atomic E-state index is 0.245. The highest BCUT2D eigenvalue weighted by atomic mass is 19.1. The lowest BCUT2D eigenvalue weighted by atomic mass is 10.2. The van der Waals surface area contributed by atoms with Gasteiger partial charge >= 0.3 is 6.03 Å². The zero-order valence-electron chi connectivity index (χ0n) is 15.4. The molecule has 1 amide bonds. The van der Waals surface area contributed by atoms with E-state index < -0.39 is 0 Å². The largest absolute Gasteiger partial charge is 0.354 e. The number of rotatable bonds is 3. The van der Waals surface area contributed by atoms with Crippen LogP contribution in [0.15, 0.2) is 42.9 Å². The zero-order chi connectivity index (χ0) is 19.3. The number of nitrogens with zero attached hydrogens (tertiary/aromatic N) is 6. The van der Waals surface area contributed by atoms with E-state index >= 15 is 0 Å². The molecule has 1 atom stereocenters. The van der Waals surface area contributed by atoms with Crippen LogP contribution in [0.25, 0.3) is 11.3 Å². The lowest BCUT2D eigenvalue weighted by Gasteiger charge is -2.17. The minimum atomic E-state index is -0.358. The van der Waals surface area contributed by atoms with E-state index in [2.05, 4.69) is 22.0 Å². The van der Waals surface area contributed by atoms with Crippen LogP contribution >= 0.6 is 0 Å². The smallest absolute Gasteiger partial charge is 0.349 e. The van der Waals surface area contributed by atoms with Gasteiger partial charge in [-0.3, -0.25) is 9.88 Å². The van der Waals surface area contributed by atoms with Crippen LogP contribution in [0.3, 0.4) is 0 Å². The number of aromatic nitrogens is 4. The summed E-state index contributed by atoms with van der Waals surface area (Å²) in [7, 11) is 0. The lowest BCUT2D eigenvalue weighted by molar-refractivity contribution is 0.248. The molecule has 0 bridgehead atoms. The van der Waals surface area contributed by atoms with Crippen LogP contribution in [-0.2, 0) is 6.54 Å². The Labute approximate surface area is 161 Å². The average Bonchev–Trinajstić information content (AvgIpc) is 3.39. The first-order valence-electron chi connectivity index (χ1n) is 9.32. The van der Waals surface area contributed by atoms with Crippen LogP contribution in [0.1, 0.15) is 19.0 Å². The summed E-state index contributed by atoms with van der Waals surface area (Å²) in [4.78, 5) is 24.6. The Morgan fingerprint density at radius 2 is 2.14 bits per heavy atom. The number of pyridine rings is 2. The highest BCUT2D eigenvalue weighted by Crippen LogP contribution is 2.30. The summed E-state index contributed by atoms with van der Waals surface area (Å²) in [5.41, 5.74) is 2.58. The van der Waals surface area contributed by atoms with Gasteiger partial charge in [-0.1, -0.05) is 6.92 Å². The second-order valence-electron chi connectivity index (χ2n) is 7.38. The van der Waals surface area contributed by atoms with Gasteiger partial charge in [-0.15, -0.1) is 0 Å². The molecule has 0 spiro atoms. The third kappa shape index (κ3) is 2.72. The summed E-state index contributed by atoms with van der Waals surface area (Å²) in [6, 6.07) is 6.63. The van der Waals surface area contributed by atoms with E-state index in [0.717, 1.165) is 30.9 Å². The van der Waals surface area contributed by atoms with Crippen LogP contribution in [-0.4, -0.2) is 38.9 Å². The van der Waals surface area contributed by atoms with Crippen molar-refractivity contribution in [1.29, 1.82) is 0 Å². The number of fused-ring (bicyclic) bond motifs is 1. The van der Waals surface area contributed by atoms with Crippen molar-refractivity contribution < 1.29 is 9.18 Å². The van der Waals surface area contributed by atoms with Crippen LogP contribution in [0.4, 0.5) is 20.7 Å². The Morgan fingerprint density at radius 1 is 1.25 bits per heavy atom. The van der Waals surface area contributed by atoms with Gasteiger partial charge in [0, 0.05) is 31.0 Å². The number of amides is 1. The standard InChI is InChI=1S/C20H19FN6O/c1-13-4-6-25(11-13)19-17(21)7-14(9-23-19)18-8-16-12-26(20(28)27(16)24-18)15-3-2-5-22-10-15/h2-3,5,7-10,13H,4,6,11-12H2,1H3. The molecule has 1 unspecified atom stereocenters. The molecule has 28 heavy (non-hydrogen) atoms. The van der Waals surface area contributed by atoms with Crippen molar-refractivity contribution in [3.05, 3.63) is 54.4 Å². The highest BCUT2D eigenvalue weighted by molar-refractivity contribution is 5.96. The summed E-state index contributed by atoms with van der Waals surface area (Å²) >= 11 is 0. The lowest BCUT2D eigenvalue weighted by Crippen LogP contribution is -2.26. The molecule has 3 aromatic heterocycles. The molecule has 0 N–H and O–H groups in total. The van der Waals surface area contributed by atoms with Gasteiger partial charge in [-0.25, -0.2) is 14.2 Å². The van der Waals surface area contributed by atoms with Crippen LogP contribution in [0, 0.1) is 11.7 Å². The van der Waals surface area contributed by atoms with Crippen molar-refractivity contribution in [2.24, 2.45) is 5.92 Å². The summed E-state index contributed by atoms with van der Waals surface area (Å²) < 4.78 is 16.0. The monoisotopic (exact) mass is 378 g/mol. The number of anilines is 2. The Bertz CT molecular complexity index is 1050. The molecule has 2 aliphatic rings. The van der Waals surface area contributed by atoms with Crippen molar-refractivity contribution in [2.75, 3.05) is 22.9 Å². The fourth-order valence-electron chi connectivity index (χ4n) is 3.83. The maximum absolute atomic E-state index is 14.7. The number of carbonyl (C=O) groups excluding carboxylic acids is 1. The maximum atomic E-state index is 14.7. The number of hydrogen-bond acceptors (Lipinski definition) is 5. The van der Waals surface area contributed by atoms with Crippen LogP contribution < -0.4 is 9.80 Å². The van der Waals surface area contributed by atoms with E-state index in [1.165, 1.54) is 10.7 Å². The molecule has 0 aliphatic carbocycles. The van der Waals surface area contributed by atoms with E-state index in [1.54, 1.807) is 29.6 Å². The van der Waals surface area contributed by atoms with Gasteiger partial charge in [0.2, 0.25) is 0 Å². The first-order valence-corrected chi connectivity index (χ1v) is 9.32. The number of carbonyl (C=O) groups is 1. The molecule has 5 heterocycles. The third-order valence-corrected chi connectivity index (χ3v) is 5.31. The summed E-state index contributed by atoms with van der Waals surface area (Å²) in [6.45, 7) is 4.20. The SMILES string of the molecule is CC1CCN(c2ncc(-c3cc4n(n3)C(=O)N(c3cccnc3)C4)cc2F)C1. The van der Waals surface area contributed by atoms with Crippen molar-refractivity contribution in [3.8, 4) is 11.3 Å². The number of hydrogen-bond donors (Lipinski definition) is 0. The predicted octanol–water partition coefficient (Wildman–Crippen LogP) is 3.31. The molecule has 5 rings (SSSR count). The van der Waals surface area contributed by atoms with E-state index in [0.29, 0.717) is 29.5 Å². The first kappa shape index (κ1) is 16.9. The Hall–Kier alpha value is -3.29. The summed E-state index contributed by atoms with van der Waals surface area (Å²) in [5, 5.41) is 4.38. The van der Waals surface area contributed by atoms with Crippen LogP contribution in [0.5, 0.6) is 0 Å². The summed E-state index contributed by atoms with van der Waals surface area (Å²) in [5.74, 6) is 0.576.